The molecule has 4 heterocycles. The molecule has 0 aliphatic carbocycles. The number of fused-ring (bicyclic) bond motifs is 3. The minimum absolute atomic E-state index is 0. The normalized spacial score (nSPS) is 14.5. The molecule has 0 amide bonds. The second-order valence-electron chi connectivity index (χ2n) is 13.3. The van der Waals surface area contributed by atoms with Gasteiger partial charge in [0.1, 0.15) is 4.83 Å². The average Bonchev–Trinajstić information content (AvgIpc) is 3.41. The Balaban J connectivity index is 0.000000250. The monoisotopic (exact) mass is 876 g/mol. The van der Waals surface area contributed by atoms with E-state index in [4.69, 9.17) is 8.22 Å². The molecule has 1 radical (unpaired) electrons. The first kappa shape index (κ1) is 28.3. The molecule has 0 aliphatic heterocycles. The van der Waals surface area contributed by atoms with Crippen LogP contribution in [0.5, 0.6) is 0 Å². The minimum Gasteiger partial charge on any atom is -0.304 e. The number of aryl methyl sites for hydroxylation is 1. The van der Waals surface area contributed by atoms with Crippen LogP contribution in [0.15, 0.2) is 73.1 Å². The van der Waals surface area contributed by atoms with Gasteiger partial charge in [-0.3, -0.25) is 0 Å². The van der Waals surface area contributed by atoms with E-state index in [1.165, 1.54) is 34.1 Å². The van der Waals surface area contributed by atoms with Crippen LogP contribution in [0.1, 0.15) is 65.4 Å². The van der Waals surface area contributed by atoms with E-state index in [9.17, 15) is 4.39 Å². The van der Waals surface area contributed by atoms with Crippen molar-refractivity contribution in [3.63, 3.8) is 0 Å². The summed E-state index contributed by atoms with van der Waals surface area (Å²) in [7, 11) is 0. The topological polar surface area (TPSA) is 38.7 Å². The molecule has 0 atom stereocenters. The van der Waals surface area contributed by atoms with E-state index in [2.05, 4.69) is 50.4 Å². The smallest absolute Gasteiger partial charge is 0.214 e. The molecule has 0 bridgehead atoms. The summed E-state index contributed by atoms with van der Waals surface area (Å²) in [6.07, 6.45) is 1.31. The second kappa shape index (κ2) is 14.6. The Morgan fingerprint density at radius 1 is 0.978 bits per heavy atom. The first-order valence-corrected chi connectivity index (χ1v) is 23.0. The zero-order chi connectivity index (χ0) is 37.7. The van der Waals surface area contributed by atoms with Gasteiger partial charge in [0.15, 0.2) is 0 Å². The number of pyridine rings is 3. The van der Waals surface area contributed by atoms with Crippen LogP contribution in [0.3, 0.4) is 0 Å². The largest absolute Gasteiger partial charge is 0.304 e. The van der Waals surface area contributed by atoms with Crippen molar-refractivity contribution in [3.05, 3.63) is 108 Å². The van der Waals surface area contributed by atoms with E-state index in [0.29, 0.717) is 16.1 Å². The van der Waals surface area contributed by atoms with E-state index >= 15 is 0 Å². The molecule has 7 heteroatoms. The predicted molar refractivity (Wildman–Crippen MR) is 193 cm³/mol. The van der Waals surface area contributed by atoms with Gasteiger partial charge >= 0.3 is 120 Å². The third-order valence-electron chi connectivity index (χ3n) is 7.17. The number of rotatable bonds is 5. The summed E-state index contributed by atoms with van der Waals surface area (Å²) in [5.41, 5.74) is 3.16. The first-order valence-electron chi connectivity index (χ1n) is 17.9. The van der Waals surface area contributed by atoms with Crippen molar-refractivity contribution < 1.29 is 32.7 Å². The SMILES string of the molecule is [2H]C(C)(C)c1cc(-c2[c-]cccc2)nc[c]1[Ge]([CH3])([CH3])[CH3].[2H]C([2H])([2H])c1cnc(-c2[c-]ccc3c2sc2nc(F)ccc23)cc1C([2H])([2H])C(C)(C)C.[Ir]. The minimum atomic E-state index is -2.51. The molecule has 0 saturated heterocycles. The van der Waals surface area contributed by atoms with Gasteiger partial charge in [-0.05, 0) is 46.7 Å². The zero-order valence-corrected chi connectivity index (χ0v) is 32.7. The van der Waals surface area contributed by atoms with Crippen molar-refractivity contribution in [1.29, 1.82) is 0 Å². The fourth-order valence-electron chi connectivity index (χ4n) is 5.06. The van der Waals surface area contributed by atoms with Gasteiger partial charge in [-0.15, -0.1) is 23.8 Å². The summed E-state index contributed by atoms with van der Waals surface area (Å²) < 4.78 is 65.2. The van der Waals surface area contributed by atoms with Crippen LogP contribution in [0.2, 0.25) is 17.3 Å². The first-order chi connectivity index (χ1) is 23.5. The fourth-order valence-corrected chi connectivity index (χ4v) is 9.54. The molecule has 0 N–H and O–H groups in total. The van der Waals surface area contributed by atoms with Crippen LogP contribution >= 0.6 is 11.3 Å². The summed E-state index contributed by atoms with van der Waals surface area (Å²) in [6.45, 7) is 6.60. The van der Waals surface area contributed by atoms with E-state index in [1.54, 1.807) is 32.9 Å². The van der Waals surface area contributed by atoms with Gasteiger partial charge in [-0.1, -0.05) is 37.8 Å². The van der Waals surface area contributed by atoms with Crippen LogP contribution < -0.4 is 4.40 Å². The summed E-state index contributed by atoms with van der Waals surface area (Å²) in [5.74, 6) is 5.88. The van der Waals surface area contributed by atoms with Crippen molar-refractivity contribution in [2.75, 3.05) is 0 Å². The number of nitrogens with zero attached hydrogens (tertiary/aromatic N) is 3. The van der Waals surface area contributed by atoms with Crippen LogP contribution in [-0.2, 0) is 26.5 Å². The van der Waals surface area contributed by atoms with Gasteiger partial charge in [0, 0.05) is 38.5 Å². The van der Waals surface area contributed by atoms with Gasteiger partial charge < -0.3 is 4.98 Å². The van der Waals surface area contributed by atoms with Gasteiger partial charge in [-0.25, -0.2) is 4.98 Å². The standard InChI is InChI=1S/C22H20FN2S.C17H22GeN.Ir/c1-13-12-24-18(10-14(13)11-22(2,3)4)17-7-5-6-15-16-8-9-19(23)25-21(16)26-20(15)17;1-13(2)15-11-17(14-9-7-6-8-10-14)19-12-16(15)18(3,4)5;/h5-6,8-10,12H,11H2,1-4H3;6-9,11-13H,1-5H3;/q2*-1;/i1D3,11D2;13D;. The molecule has 6 rings (SSSR count). The summed E-state index contributed by atoms with van der Waals surface area (Å²) in [4.78, 5) is 13.5. The molecular weight excluding hydrogens is 826 g/mol. The van der Waals surface area contributed by atoms with Crippen molar-refractivity contribution in [3.8, 4) is 22.5 Å². The molecule has 0 saturated carbocycles. The van der Waals surface area contributed by atoms with Gasteiger partial charge in [0.05, 0.1) is 0 Å². The Morgan fingerprint density at radius 3 is 2.39 bits per heavy atom. The number of benzene rings is 2. The quantitative estimate of drug-likeness (QED) is 0.0984. The van der Waals surface area contributed by atoms with E-state index in [0.717, 1.165) is 32.3 Å². The molecule has 0 aliphatic rings. The van der Waals surface area contributed by atoms with Crippen molar-refractivity contribution in [2.24, 2.45) is 5.41 Å². The fraction of sp³-hybridized carbons (Fsp3) is 0.308. The molecule has 46 heavy (non-hydrogen) atoms. The van der Waals surface area contributed by atoms with Crippen LogP contribution in [-0.4, -0.2) is 28.2 Å². The van der Waals surface area contributed by atoms with E-state index in [-0.39, 0.29) is 31.2 Å². The molecule has 6 aromatic rings. The third-order valence-corrected chi connectivity index (χ3v) is 12.5. The van der Waals surface area contributed by atoms with Crippen LogP contribution in [0, 0.1) is 30.3 Å². The predicted octanol–water partition coefficient (Wildman–Crippen LogP) is 10.6. The summed E-state index contributed by atoms with van der Waals surface area (Å²) in [5, 5.41) is 1.67. The van der Waals surface area contributed by atoms with E-state index in [1.807, 2.05) is 50.4 Å². The summed E-state index contributed by atoms with van der Waals surface area (Å²) >= 11 is -0.727. The number of hydrogen-bond donors (Lipinski definition) is 0. The van der Waals surface area contributed by atoms with Gasteiger partial charge in [0.25, 0.3) is 0 Å². The Kier molecular flexibility index (Phi) is 8.94. The number of aromatic nitrogens is 3. The Hall–Kier alpha value is -2.77. The maximum atomic E-state index is 13.6. The van der Waals surface area contributed by atoms with E-state index < -0.39 is 43.7 Å². The molecule has 241 valence electrons. The molecule has 3 nitrogen and oxygen atoms in total. The number of halogens is 1. The third kappa shape index (κ3) is 8.38. The molecule has 2 aromatic carbocycles. The number of thiophene rings is 1. The Bertz CT molecular complexity index is 2210. The van der Waals surface area contributed by atoms with Gasteiger partial charge in [-0.2, -0.15) is 15.7 Å². The molecular formula is C39H42FGeIrN3S-2. The Morgan fingerprint density at radius 2 is 1.74 bits per heavy atom. The van der Waals surface area contributed by atoms with Gasteiger partial charge in [0.2, 0.25) is 5.95 Å². The van der Waals surface area contributed by atoms with Crippen LogP contribution in [0.4, 0.5) is 4.39 Å². The number of hydrogen-bond acceptors (Lipinski definition) is 4. The maximum Gasteiger partial charge on any atom is 0.214 e. The van der Waals surface area contributed by atoms with Crippen molar-refractivity contribution in [1.82, 2.24) is 15.0 Å². The maximum absolute atomic E-state index is 13.6. The molecule has 0 unspecified atom stereocenters. The molecule has 0 fully saturated rings. The van der Waals surface area contributed by atoms with Crippen molar-refractivity contribution in [2.45, 2.75) is 71.0 Å². The van der Waals surface area contributed by atoms with Crippen molar-refractivity contribution >= 4 is 49.3 Å². The summed E-state index contributed by atoms with van der Waals surface area (Å²) in [6, 6.07) is 24.4. The zero-order valence-electron chi connectivity index (χ0n) is 33.4. The average molecular weight is 875 g/mol. The van der Waals surface area contributed by atoms with Crippen LogP contribution in [0.25, 0.3) is 42.8 Å². The molecule has 0 spiro atoms. The molecule has 4 aromatic heterocycles. The Labute approximate surface area is 302 Å². The second-order valence-corrected chi connectivity index (χ2v) is 24.9.